The Hall–Kier alpha value is -6.68. The van der Waals surface area contributed by atoms with Gasteiger partial charge in [0.15, 0.2) is 0 Å². The lowest BCUT2D eigenvalue weighted by Crippen LogP contribution is -2.25. The standard InChI is InChI=1S/C51H30N2S/c1-5-18-40-35(14-1)36-15-2-6-19-41(36)51(40)42-20-7-3-16-37(42)48-43(51)29-28-39-47(48)38-17-4-8-21-44(38)52-49(39)34-13-11-12-33(30-34)31-24-26-32(27-25-31)50-53-45-22-9-10-23-46(45)54-50/h1-30H. The summed E-state index contributed by atoms with van der Waals surface area (Å²) in [4.78, 5) is 10.3. The quantitative estimate of drug-likeness (QED) is 0.171. The van der Waals surface area contributed by atoms with Crippen LogP contribution in [0.1, 0.15) is 22.3 Å². The summed E-state index contributed by atoms with van der Waals surface area (Å²) in [6.07, 6.45) is 0. The van der Waals surface area contributed by atoms with Crippen LogP contribution in [0.2, 0.25) is 0 Å². The number of thiazole rings is 1. The molecule has 0 N–H and O–H groups in total. The summed E-state index contributed by atoms with van der Waals surface area (Å²) in [5.41, 5.74) is 17.9. The highest BCUT2D eigenvalue weighted by Gasteiger charge is 2.52. The number of aromatic nitrogens is 2. The molecule has 0 amide bonds. The molecule has 0 bridgehead atoms. The van der Waals surface area contributed by atoms with E-state index in [4.69, 9.17) is 9.97 Å². The minimum absolute atomic E-state index is 0.394. The third kappa shape index (κ3) is 3.99. The molecule has 0 atom stereocenters. The zero-order valence-corrected chi connectivity index (χ0v) is 29.9. The van der Waals surface area contributed by atoms with Gasteiger partial charge in [0.25, 0.3) is 0 Å². The van der Waals surface area contributed by atoms with Crippen LogP contribution in [-0.2, 0) is 5.41 Å². The van der Waals surface area contributed by atoms with Crippen LogP contribution in [0.4, 0.5) is 0 Å². The fourth-order valence-electron chi connectivity index (χ4n) is 9.49. The van der Waals surface area contributed by atoms with E-state index in [-0.39, 0.29) is 0 Å². The molecule has 2 nitrogen and oxygen atoms in total. The van der Waals surface area contributed by atoms with E-state index in [1.54, 1.807) is 11.3 Å². The number of pyridine rings is 1. The third-order valence-electron chi connectivity index (χ3n) is 11.7. The maximum absolute atomic E-state index is 5.42. The number of nitrogens with zero attached hydrogens (tertiary/aromatic N) is 2. The molecule has 2 aliphatic rings. The van der Waals surface area contributed by atoms with Crippen molar-refractivity contribution in [1.82, 2.24) is 9.97 Å². The lowest BCUT2D eigenvalue weighted by Gasteiger charge is -2.30. The van der Waals surface area contributed by atoms with E-state index < -0.39 is 5.41 Å². The molecule has 0 aliphatic heterocycles. The van der Waals surface area contributed by atoms with Crippen molar-refractivity contribution in [3.05, 3.63) is 204 Å². The lowest BCUT2D eigenvalue weighted by molar-refractivity contribution is 0.794. The Morgan fingerprint density at radius 2 is 1.00 bits per heavy atom. The summed E-state index contributed by atoms with van der Waals surface area (Å²) in [5.74, 6) is 0. The van der Waals surface area contributed by atoms with Crippen molar-refractivity contribution < 1.29 is 0 Å². The van der Waals surface area contributed by atoms with E-state index in [0.717, 1.165) is 38.4 Å². The first kappa shape index (κ1) is 29.9. The van der Waals surface area contributed by atoms with Gasteiger partial charge in [0.1, 0.15) is 5.01 Å². The van der Waals surface area contributed by atoms with Crippen LogP contribution in [0.5, 0.6) is 0 Å². The topological polar surface area (TPSA) is 25.8 Å². The van der Waals surface area contributed by atoms with Crippen molar-refractivity contribution in [3.63, 3.8) is 0 Å². The van der Waals surface area contributed by atoms with Gasteiger partial charge in [0.05, 0.1) is 26.8 Å². The number of rotatable bonds is 3. The van der Waals surface area contributed by atoms with Crippen LogP contribution in [0, 0.1) is 0 Å². The summed E-state index contributed by atoms with van der Waals surface area (Å²) in [7, 11) is 0. The first-order chi connectivity index (χ1) is 26.8. The van der Waals surface area contributed by atoms with Crippen molar-refractivity contribution in [2.45, 2.75) is 5.41 Å². The van der Waals surface area contributed by atoms with Crippen molar-refractivity contribution >= 4 is 43.2 Å². The highest BCUT2D eigenvalue weighted by molar-refractivity contribution is 7.21. The molecule has 0 unspecified atom stereocenters. The minimum atomic E-state index is -0.394. The molecule has 3 heteroatoms. The second kappa shape index (κ2) is 11.2. The molecule has 2 heterocycles. The first-order valence-corrected chi connectivity index (χ1v) is 19.3. The van der Waals surface area contributed by atoms with Crippen molar-refractivity contribution in [3.8, 4) is 55.2 Å². The summed E-state index contributed by atoms with van der Waals surface area (Å²) in [5, 5.41) is 4.66. The lowest BCUT2D eigenvalue weighted by atomic mass is 9.70. The van der Waals surface area contributed by atoms with E-state index in [0.29, 0.717) is 0 Å². The van der Waals surface area contributed by atoms with E-state index in [9.17, 15) is 0 Å². The summed E-state index contributed by atoms with van der Waals surface area (Å²) < 4.78 is 1.21. The highest BCUT2D eigenvalue weighted by Crippen LogP contribution is 2.64. The predicted molar refractivity (Wildman–Crippen MR) is 225 cm³/mol. The molecule has 250 valence electrons. The Bertz CT molecular complexity index is 3090. The normalized spacial score (nSPS) is 13.3. The Kier molecular flexibility index (Phi) is 6.17. The van der Waals surface area contributed by atoms with Gasteiger partial charge in [0.2, 0.25) is 0 Å². The molecule has 0 saturated heterocycles. The molecular weight excluding hydrogens is 673 g/mol. The van der Waals surface area contributed by atoms with Gasteiger partial charge in [-0.2, -0.15) is 0 Å². The average Bonchev–Trinajstić information content (AvgIpc) is 3.91. The molecule has 10 aromatic rings. The van der Waals surface area contributed by atoms with Crippen molar-refractivity contribution in [1.29, 1.82) is 0 Å². The van der Waals surface area contributed by atoms with Gasteiger partial charge in [-0.3, -0.25) is 0 Å². The van der Waals surface area contributed by atoms with Crippen molar-refractivity contribution in [2.75, 3.05) is 0 Å². The maximum Gasteiger partial charge on any atom is 0.124 e. The second-order valence-electron chi connectivity index (χ2n) is 14.4. The van der Waals surface area contributed by atoms with E-state index >= 15 is 0 Å². The minimum Gasteiger partial charge on any atom is -0.247 e. The highest BCUT2D eigenvalue weighted by atomic mass is 32.1. The second-order valence-corrected chi connectivity index (χ2v) is 15.5. The van der Waals surface area contributed by atoms with Gasteiger partial charge >= 0.3 is 0 Å². The molecule has 1 spiro atoms. The molecular formula is C51H30N2S. The van der Waals surface area contributed by atoms with E-state index in [1.807, 2.05) is 6.07 Å². The van der Waals surface area contributed by atoms with Crippen molar-refractivity contribution in [2.24, 2.45) is 0 Å². The van der Waals surface area contributed by atoms with E-state index in [2.05, 4.69) is 176 Å². The molecule has 8 aromatic carbocycles. The zero-order valence-electron chi connectivity index (χ0n) is 29.1. The Balaban J connectivity index is 1.07. The fraction of sp³-hybridized carbons (Fsp3) is 0.0196. The van der Waals surface area contributed by atoms with Crippen LogP contribution in [0.15, 0.2) is 182 Å². The van der Waals surface area contributed by atoms with E-state index in [1.165, 1.54) is 70.9 Å². The van der Waals surface area contributed by atoms with Crippen LogP contribution >= 0.6 is 11.3 Å². The molecule has 12 rings (SSSR count). The number of hydrogen-bond donors (Lipinski definition) is 0. The number of fused-ring (bicyclic) bond motifs is 15. The predicted octanol–water partition coefficient (Wildman–Crippen LogP) is 13.3. The van der Waals surface area contributed by atoms with Gasteiger partial charge in [-0.15, -0.1) is 11.3 Å². The van der Waals surface area contributed by atoms with Crippen LogP contribution in [0.3, 0.4) is 0 Å². The van der Waals surface area contributed by atoms with Crippen LogP contribution in [0.25, 0.3) is 87.1 Å². The monoisotopic (exact) mass is 702 g/mol. The average molecular weight is 703 g/mol. The first-order valence-electron chi connectivity index (χ1n) is 18.5. The molecule has 2 aliphatic carbocycles. The largest absolute Gasteiger partial charge is 0.247 e. The van der Waals surface area contributed by atoms with Gasteiger partial charge in [-0.05, 0) is 79.9 Å². The number of hydrogen-bond acceptors (Lipinski definition) is 3. The van der Waals surface area contributed by atoms with Crippen LogP contribution in [-0.4, -0.2) is 9.97 Å². The fourth-order valence-corrected chi connectivity index (χ4v) is 10.5. The Labute approximate surface area is 316 Å². The number of benzene rings is 8. The third-order valence-corrected chi connectivity index (χ3v) is 12.8. The van der Waals surface area contributed by atoms with Gasteiger partial charge < -0.3 is 0 Å². The maximum atomic E-state index is 5.42. The van der Waals surface area contributed by atoms with Gasteiger partial charge in [-0.25, -0.2) is 9.97 Å². The van der Waals surface area contributed by atoms with Gasteiger partial charge in [0, 0.05) is 27.3 Å². The SMILES string of the molecule is c1cc(-c2ccc(-c3nc4ccccc4s3)cc2)cc(-c2nc3ccccc3c3c4c(ccc23)C2(c3ccccc3-c3ccccc32)c2ccccc2-4)c1. The summed E-state index contributed by atoms with van der Waals surface area (Å²) >= 11 is 1.74. The van der Waals surface area contributed by atoms with Crippen LogP contribution < -0.4 is 0 Å². The Morgan fingerprint density at radius 1 is 0.389 bits per heavy atom. The summed E-state index contributed by atoms with van der Waals surface area (Å²) in [6.45, 7) is 0. The zero-order chi connectivity index (χ0) is 35.4. The summed E-state index contributed by atoms with van der Waals surface area (Å²) in [6, 6.07) is 66.6. The number of para-hydroxylation sites is 2. The Morgan fingerprint density at radius 3 is 1.76 bits per heavy atom. The molecule has 2 aromatic heterocycles. The molecule has 0 radical (unpaired) electrons. The molecule has 0 fully saturated rings. The molecule has 54 heavy (non-hydrogen) atoms. The smallest absolute Gasteiger partial charge is 0.124 e. The molecule has 0 saturated carbocycles. The van der Waals surface area contributed by atoms with Gasteiger partial charge in [-0.1, -0.05) is 158 Å².